The van der Waals surface area contributed by atoms with E-state index in [9.17, 15) is 0 Å². The summed E-state index contributed by atoms with van der Waals surface area (Å²) in [6.07, 6.45) is 6.22. The lowest BCUT2D eigenvalue weighted by Gasteiger charge is -2.25. The number of hydrogen-bond acceptors (Lipinski definition) is 3. The van der Waals surface area contributed by atoms with Crippen LogP contribution in [0.1, 0.15) is 57.7 Å². The molecule has 0 spiro atoms. The molecule has 1 heterocycles. The Morgan fingerprint density at radius 1 is 1.26 bits per heavy atom. The lowest BCUT2D eigenvalue weighted by Crippen LogP contribution is -2.29. The highest BCUT2D eigenvalue weighted by atomic mass is 35.5. The molecule has 4 heteroatoms. The van der Waals surface area contributed by atoms with Gasteiger partial charge in [0, 0.05) is 24.6 Å². The number of rotatable bonds is 6. The van der Waals surface area contributed by atoms with Crippen molar-refractivity contribution in [3.8, 4) is 0 Å². The number of aromatic nitrogens is 2. The van der Waals surface area contributed by atoms with E-state index in [-0.39, 0.29) is 0 Å². The molecule has 0 radical (unpaired) electrons. The number of anilines is 1. The molecule has 3 rings (SSSR count). The Morgan fingerprint density at radius 3 is 2.58 bits per heavy atom. The first kappa shape index (κ1) is 13.2. The molecule has 104 valence electrons. The van der Waals surface area contributed by atoms with Crippen molar-refractivity contribution in [2.75, 3.05) is 11.4 Å². The first-order chi connectivity index (χ1) is 9.13. The average Bonchev–Trinajstić information content (AvgIpc) is 3.21. The van der Waals surface area contributed by atoms with Crippen LogP contribution in [0.15, 0.2) is 6.07 Å². The average molecular weight is 280 g/mol. The summed E-state index contributed by atoms with van der Waals surface area (Å²) in [6, 6.07) is 2.61. The van der Waals surface area contributed by atoms with Gasteiger partial charge in [-0.3, -0.25) is 0 Å². The number of hydrogen-bond donors (Lipinski definition) is 0. The van der Waals surface area contributed by atoms with E-state index in [1.54, 1.807) is 0 Å². The Hall–Kier alpha value is -0.830. The molecule has 0 aliphatic heterocycles. The normalized spacial score (nSPS) is 18.9. The minimum absolute atomic E-state index is 0.559. The highest BCUT2D eigenvalue weighted by Crippen LogP contribution is 2.40. The van der Waals surface area contributed by atoms with Gasteiger partial charge in [-0.05, 0) is 38.0 Å². The van der Waals surface area contributed by atoms with Crippen molar-refractivity contribution in [3.05, 3.63) is 17.0 Å². The Kier molecular flexibility index (Phi) is 3.66. The molecular formula is C15H22ClN3. The van der Waals surface area contributed by atoms with Crippen LogP contribution in [0.2, 0.25) is 5.15 Å². The van der Waals surface area contributed by atoms with Crippen molar-refractivity contribution in [2.45, 2.75) is 57.9 Å². The number of nitrogens with zero attached hydrogens (tertiary/aromatic N) is 3. The molecular weight excluding hydrogens is 258 g/mol. The largest absolute Gasteiger partial charge is 0.353 e. The summed E-state index contributed by atoms with van der Waals surface area (Å²) in [4.78, 5) is 11.6. The van der Waals surface area contributed by atoms with Gasteiger partial charge in [-0.2, -0.15) is 0 Å². The zero-order valence-corrected chi connectivity index (χ0v) is 12.5. The molecule has 0 saturated heterocycles. The summed E-state index contributed by atoms with van der Waals surface area (Å²) in [7, 11) is 0. The van der Waals surface area contributed by atoms with Crippen LogP contribution in [0.5, 0.6) is 0 Å². The van der Waals surface area contributed by atoms with E-state index in [2.05, 4.69) is 23.7 Å². The Morgan fingerprint density at radius 2 is 2.00 bits per heavy atom. The van der Waals surface area contributed by atoms with Crippen molar-refractivity contribution < 1.29 is 0 Å². The van der Waals surface area contributed by atoms with Gasteiger partial charge in [0.25, 0.3) is 0 Å². The number of halogens is 1. The Balaban J connectivity index is 1.80. The fraction of sp³-hybridized carbons (Fsp3) is 0.733. The van der Waals surface area contributed by atoms with Crippen LogP contribution in [0.4, 0.5) is 5.82 Å². The van der Waals surface area contributed by atoms with E-state index < -0.39 is 0 Å². The summed E-state index contributed by atoms with van der Waals surface area (Å²) in [5.41, 5.74) is 0. The smallest absolute Gasteiger partial charge is 0.135 e. The molecule has 2 aliphatic rings. The van der Waals surface area contributed by atoms with E-state index in [0.717, 1.165) is 24.1 Å². The van der Waals surface area contributed by atoms with E-state index >= 15 is 0 Å². The fourth-order valence-corrected chi connectivity index (χ4v) is 2.55. The second kappa shape index (κ2) is 5.28. The first-order valence-electron chi connectivity index (χ1n) is 7.44. The minimum atomic E-state index is 0.559. The van der Waals surface area contributed by atoms with Crippen molar-refractivity contribution in [1.29, 1.82) is 0 Å². The predicted molar refractivity (Wildman–Crippen MR) is 78.8 cm³/mol. The van der Waals surface area contributed by atoms with E-state index in [0.29, 0.717) is 17.1 Å². The third-order valence-corrected chi connectivity index (χ3v) is 4.06. The molecule has 0 atom stereocenters. The maximum atomic E-state index is 6.18. The molecule has 19 heavy (non-hydrogen) atoms. The zero-order chi connectivity index (χ0) is 13.4. The molecule has 0 bridgehead atoms. The van der Waals surface area contributed by atoms with Crippen molar-refractivity contribution in [3.63, 3.8) is 0 Å². The second-order valence-electron chi connectivity index (χ2n) is 6.29. The van der Waals surface area contributed by atoms with Crippen molar-refractivity contribution in [2.24, 2.45) is 5.92 Å². The molecule has 1 aromatic heterocycles. The third kappa shape index (κ3) is 3.38. The maximum Gasteiger partial charge on any atom is 0.135 e. The van der Waals surface area contributed by atoms with Gasteiger partial charge < -0.3 is 4.90 Å². The third-order valence-electron chi connectivity index (χ3n) is 3.87. The van der Waals surface area contributed by atoms with Gasteiger partial charge in [-0.25, -0.2) is 9.97 Å². The van der Waals surface area contributed by atoms with Crippen LogP contribution >= 0.6 is 11.6 Å². The van der Waals surface area contributed by atoms with Crippen molar-refractivity contribution >= 4 is 17.4 Å². The Labute approximate surface area is 120 Å². The second-order valence-corrected chi connectivity index (χ2v) is 6.68. The molecule has 1 aromatic rings. The molecule has 0 amide bonds. The molecule has 0 aromatic carbocycles. The van der Waals surface area contributed by atoms with Gasteiger partial charge in [-0.1, -0.05) is 25.4 Å². The summed E-state index contributed by atoms with van der Waals surface area (Å²) in [6.45, 7) is 5.63. The predicted octanol–water partition coefficient (Wildman–Crippen LogP) is 4.02. The summed E-state index contributed by atoms with van der Waals surface area (Å²) in [5, 5.41) is 0.599. The topological polar surface area (TPSA) is 29.0 Å². The summed E-state index contributed by atoms with van der Waals surface area (Å²) >= 11 is 6.18. The molecule has 2 aliphatic carbocycles. The maximum absolute atomic E-state index is 6.18. The van der Waals surface area contributed by atoms with Crippen LogP contribution in [0.3, 0.4) is 0 Å². The molecule has 0 unspecified atom stereocenters. The fourth-order valence-electron chi connectivity index (χ4n) is 2.36. The standard InChI is InChI=1S/C15H22ClN3/c1-10(2)7-8-19(12-5-6-12)14-9-13(16)17-15(18-14)11-3-4-11/h9-12H,3-8H2,1-2H3. The summed E-state index contributed by atoms with van der Waals surface area (Å²) in [5.74, 6) is 3.29. The Bertz CT molecular complexity index is 453. The minimum Gasteiger partial charge on any atom is -0.353 e. The van der Waals surface area contributed by atoms with E-state index in [1.165, 1.54) is 32.1 Å². The lowest BCUT2D eigenvalue weighted by atomic mass is 10.1. The first-order valence-corrected chi connectivity index (χ1v) is 7.82. The van der Waals surface area contributed by atoms with Gasteiger partial charge in [0.2, 0.25) is 0 Å². The highest BCUT2D eigenvalue weighted by molar-refractivity contribution is 6.29. The van der Waals surface area contributed by atoms with Crippen LogP contribution < -0.4 is 4.90 Å². The van der Waals surface area contributed by atoms with Crippen LogP contribution in [0.25, 0.3) is 0 Å². The highest BCUT2D eigenvalue weighted by Gasteiger charge is 2.32. The molecule has 0 N–H and O–H groups in total. The van der Waals surface area contributed by atoms with Gasteiger partial charge in [0.05, 0.1) is 0 Å². The van der Waals surface area contributed by atoms with Crippen molar-refractivity contribution in [1.82, 2.24) is 9.97 Å². The van der Waals surface area contributed by atoms with Crippen LogP contribution in [0, 0.1) is 5.92 Å². The van der Waals surface area contributed by atoms with Gasteiger partial charge in [-0.15, -0.1) is 0 Å². The van der Waals surface area contributed by atoms with Crippen LogP contribution in [-0.4, -0.2) is 22.6 Å². The van der Waals surface area contributed by atoms with E-state index in [4.69, 9.17) is 16.6 Å². The zero-order valence-electron chi connectivity index (χ0n) is 11.8. The monoisotopic (exact) mass is 279 g/mol. The van der Waals surface area contributed by atoms with Gasteiger partial charge in [0.15, 0.2) is 0 Å². The molecule has 3 nitrogen and oxygen atoms in total. The lowest BCUT2D eigenvalue weighted by molar-refractivity contribution is 0.568. The SMILES string of the molecule is CC(C)CCN(c1cc(Cl)nc(C2CC2)n1)C1CC1. The van der Waals surface area contributed by atoms with Gasteiger partial charge in [0.1, 0.15) is 16.8 Å². The molecule has 2 fully saturated rings. The van der Waals surface area contributed by atoms with E-state index in [1.807, 2.05) is 6.07 Å². The van der Waals surface area contributed by atoms with Gasteiger partial charge >= 0.3 is 0 Å². The molecule has 2 saturated carbocycles. The quantitative estimate of drug-likeness (QED) is 0.737. The summed E-state index contributed by atoms with van der Waals surface area (Å²) < 4.78 is 0. The van der Waals surface area contributed by atoms with Crippen LogP contribution in [-0.2, 0) is 0 Å².